The number of hydrogen-bond donors (Lipinski definition) is 9. The van der Waals surface area contributed by atoms with E-state index in [-0.39, 0.29) is 139 Å². The molecule has 0 bridgehead atoms. The number of carboxylic acids is 7. The molecule has 0 radical (unpaired) electrons. The monoisotopic (exact) mass is 1400 g/mol. The summed E-state index contributed by atoms with van der Waals surface area (Å²) in [4.78, 5) is 181. The number of Topliss-reactive ketones (excluding diaryl/α,β-unsaturated/α-hetero) is 3. The van der Waals surface area contributed by atoms with E-state index in [1.165, 1.54) is 56.1 Å². The molecule has 0 saturated heterocycles. The molecule has 0 saturated carbocycles. The number of esters is 7. The lowest BCUT2D eigenvalue weighted by atomic mass is 9.85. The number of hydrogen-bond acceptors (Lipinski definition) is 26. The van der Waals surface area contributed by atoms with Gasteiger partial charge in [0.25, 0.3) is 0 Å². The molecule has 0 aromatic rings. The third kappa shape index (κ3) is 69.7. The molecule has 0 aliphatic heterocycles. The number of carbonyl (C=O) groups is 17. The Hall–Kier alpha value is -7.62. The van der Waals surface area contributed by atoms with Crippen molar-refractivity contribution >= 4 is 129 Å². The zero-order valence-corrected chi connectivity index (χ0v) is 55.2. The van der Waals surface area contributed by atoms with E-state index in [0.29, 0.717) is 25.9 Å². The van der Waals surface area contributed by atoms with Gasteiger partial charge in [-0.05, 0) is 98.2 Å². The highest BCUT2D eigenvalue weighted by atomic mass is 79.9. The maximum absolute atomic E-state index is 11.8. The first-order valence-corrected chi connectivity index (χ1v) is 28.8. The van der Waals surface area contributed by atoms with Crippen LogP contribution in [0.5, 0.6) is 0 Å². The lowest BCUT2D eigenvalue weighted by Gasteiger charge is -2.21. The maximum atomic E-state index is 11.8. The minimum Gasteiger partial charge on any atom is -0.481 e. The number of alkyl halides is 1. The third-order valence-electron chi connectivity index (χ3n) is 10.7. The number of aliphatic hydroxyl groups is 1. The molecule has 32 nitrogen and oxygen atoms in total. The van der Waals surface area contributed by atoms with E-state index in [1.54, 1.807) is 20.8 Å². The summed E-state index contributed by atoms with van der Waals surface area (Å²) < 4.78 is 31.5. The van der Waals surface area contributed by atoms with Gasteiger partial charge in [-0.2, -0.15) is 12.6 Å². The van der Waals surface area contributed by atoms with Crippen molar-refractivity contribution in [2.75, 3.05) is 48.8 Å². The van der Waals surface area contributed by atoms with Crippen molar-refractivity contribution in [1.82, 2.24) is 0 Å². The highest BCUT2D eigenvalue weighted by molar-refractivity contribution is 9.10. The molecule has 0 fully saturated rings. The largest absolute Gasteiger partial charge is 0.481 e. The van der Waals surface area contributed by atoms with Crippen LogP contribution in [-0.2, 0) is 115 Å². The second-order valence-corrected chi connectivity index (χ2v) is 20.7. The van der Waals surface area contributed by atoms with Gasteiger partial charge in [-0.1, -0.05) is 30.3 Å². The molecule has 0 aromatic carbocycles. The Labute approximate surface area is 542 Å². The van der Waals surface area contributed by atoms with Crippen molar-refractivity contribution in [2.24, 2.45) is 29.6 Å². The molecule has 0 heterocycles. The number of methoxy groups -OCH3 is 5. The van der Waals surface area contributed by atoms with Crippen molar-refractivity contribution in [3.05, 3.63) is 0 Å². The smallest absolute Gasteiger partial charge is 0.319 e. The number of halogens is 1. The molecular formula is C57H95BrO32S. The zero-order chi connectivity index (χ0) is 71.8. The van der Waals surface area contributed by atoms with Crippen molar-refractivity contribution in [3.63, 3.8) is 0 Å². The van der Waals surface area contributed by atoms with Crippen LogP contribution in [0.4, 0.5) is 0 Å². The Morgan fingerprint density at radius 3 is 1.12 bits per heavy atom. The van der Waals surface area contributed by atoms with Gasteiger partial charge < -0.3 is 78.8 Å². The molecule has 8 unspecified atom stereocenters. The van der Waals surface area contributed by atoms with Gasteiger partial charge in [0.05, 0.1) is 78.5 Å². The van der Waals surface area contributed by atoms with E-state index in [0.717, 1.165) is 7.11 Å². The molecule has 0 amide bonds. The summed E-state index contributed by atoms with van der Waals surface area (Å²) in [6.07, 6.45) is 0.378. The number of carbonyl (C=O) groups excluding carboxylic acids is 10. The zero-order valence-electron chi connectivity index (χ0n) is 52.8. The van der Waals surface area contributed by atoms with E-state index >= 15 is 0 Å². The van der Waals surface area contributed by atoms with Crippen molar-refractivity contribution < 1.29 is 156 Å². The molecule has 8 atom stereocenters. The van der Waals surface area contributed by atoms with Gasteiger partial charge in [-0.3, -0.25) is 76.7 Å². The van der Waals surface area contributed by atoms with Crippen LogP contribution in [0.1, 0.15) is 165 Å². The molecule has 0 rings (SSSR count). The van der Waals surface area contributed by atoms with Gasteiger partial charge in [0, 0.05) is 51.4 Å². The molecule has 0 aliphatic carbocycles. The third-order valence-corrected chi connectivity index (χ3v) is 11.8. The fraction of sp³-hybridized carbons (Fsp3) is 0.702. The number of ketones is 3. The van der Waals surface area contributed by atoms with Crippen molar-refractivity contribution in [1.29, 1.82) is 0 Å². The topological polar surface area (TPSA) is 517 Å². The van der Waals surface area contributed by atoms with Crippen LogP contribution < -0.4 is 0 Å². The first-order chi connectivity index (χ1) is 41.6. The quantitative estimate of drug-likeness (QED) is 0.0129. The fourth-order valence-corrected chi connectivity index (χ4v) is 7.02. The predicted molar refractivity (Wildman–Crippen MR) is 324 cm³/mol. The van der Waals surface area contributed by atoms with E-state index in [2.05, 4.69) is 57.0 Å². The summed E-state index contributed by atoms with van der Waals surface area (Å²) in [6.45, 7) is 10.8. The Morgan fingerprint density at radius 2 is 0.813 bits per heavy atom. The molecule has 528 valence electrons. The van der Waals surface area contributed by atoms with Crippen LogP contribution in [0.15, 0.2) is 0 Å². The Morgan fingerprint density at radius 1 is 0.440 bits per heavy atom. The van der Waals surface area contributed by atoms with Gasteiger partial charge in [0.15, 0.2) is 0 Å². The Kier molecular flexibility index (Phi) is 68.5. The minimum absolute atomic E-state index is 0. The average Bonchev–Trinajstić information content (AvgIpc) is 3.04. The number of aliphatic carboxylic acids is 7. The van der Waals surface area contributed by atoms with Gasteiger partial charge in [0.1, 0.15) is 34.5 Å². The van der Waals surface area contributed by atoms with Gasteiger partial charge in [-0.15, -0.1) is 0 Å². The van der Waals surface area contributed by atoms with Crippen LogP contribution in [0.25, 0.3) is 0 Å². The molecule has 34 heteroatoms. The summed E-state index contributed by atoms with van der Waals surface area (Å²) in [5.41, 5.74) is 0. The van der Waals surface area contributed by atoms with Crippen LogP contribution >= 0.6 is 28.6 Å². The standard InChI is InChI=1S/C13H20O7.C8H14O5.C8H12O5.C8H14O4S.C7H11BrO4.C6H10O4.C6H10O3.CH4/c1-5-20-13(17)11(8(2)14)9(12(16)19-4)6-7-10(15)18-3;2*1-5(9)4-6(8(12)13)2-3-7(10)11;1-5(13)4-6(8(11)12)2-3-7(9)10;1-11-6(9)4-3-5(8)7(10)12-2;1-10-6(9)4-2-3-5(7)8;1-3-9-6(8)4-5(2)7;/h9,11H,5-7H2,1-4H3;5-6,9H,2-4H2,1H3,(H,10,11)(H,12,13);6H,2-4H2,1H3,(H,10,11)(H,12,13);5-6,13H,2-4H2,1H3,(H,9,10)(H,11,12);5H,3-4H2,1-2H3;2-4H2,1H3,(H,7,8);3-4H2,1-2H3;1H4. The lowest BCUT2D eigenvalue weighted by Crippen LogP contribution is -2.37. The number of carboxylic acid groups (broad SMARTS) is 7. The van der Waals surface area contributed by atoms with Crippen molar-refractivity contribution in [2.45, 2.75) is 181 Å². The second kappa shape index (κ2) is 62.6. The summed E-state index contributed by atoms with van der Waals surface area (Å²) in [5, 5.41) is 68.0. The first-order valence-electron chi connectivity index (χ1n) is 27.4. The van der Waals surface area contributed by atoms with E-state index in [9.17, 15) is 81.5 Å². The SMILES string of the molecule is C.CC(=O)CC(CCC(=O)O)C(=O)O.CC(O)CC(CCC(=O)O)C(=O)O.CC(S)CC(CCC(=O)O)C(=O)O.CCOC(=O)C(C(C)=O)C(CCC(=O)OC)C(=O)OC.CCOC(=O)CC(C)=O.COC(=O)CCC(Br)C(=O)OC.COC(=O)CCCC(=O)O. The molecular weight excluding hydrogens is 1310 g/mol. The molecule has 8 N–H and O–H groups in total. The summed E-state index contributed by atoms with van der Waals surface area (Å²) in [7, 11) is 6.25. The van der Waals surface area contributed by atoms with Gasteiger partial charge in [-0.25, -0.2) is 0 Å². The van der Waals surface area contributed by atoms with E-state index in [4.69, 9.17) is 45.6 Å². The van der Waals surface area contributed by atoms with Crippen LogP contribution in [0, 0.1) is 29.6 Å². The molecule has 0 aromatic heterocycles. The second-order valence-electron chi connectivity index (χ2n) is 18.7. The average molecular weight is 1400 g/mol. The van der Waals surface area contributed by atoms with E-state index < -0.39 is 112 Å². The number of rotatable bonds is 37. The number of thiol groups is 1. The lowest BCUT2D eigenvalue weighted by molar-refractivity contribution is -0.162. The van der Waals surface area contributed by atoms with Crippen molar-refractivity contribution in [3.8, 4) is 0 Å². The molecule has 91 heavy (non-hydrogen) atoms. The number of aliphatic hydroxyl groups excluding tert-OH is 1. The molecule has 0 aliphatic rings. The minimum atomic E-state index is -1.27. The summed E-state index contributed by atoms with van der Waals surface area (Å²) in [5.74, 6) is -16.1. The van der Waals surface area contributed by atoms with Crippen LogP contribution in [-0.4, -0.2) is 207 Å². The number of ether oxygens (including phenoxy) is 7. The maximum Gasteiger partial charge on any atom is 0.319 e. The molecule has 0 spiro atoms. The van der Waals surface area contributed by atoms with Crippen LogP contribution in [0.2, 0.25) is 0 Å². The van der Waals surface area contributed by atoms with E-state index in [1.807, 2.05) is 0 Å². The van der Waals surface area contributed by atoms with Gasteiger partial charge >= 0.3 is 83.6 Å². The highest BCUT2D eigenvalue weighted by Gasteiger charge is 2.39. The van der Waals surface area contributed by atoms with Crippen LogP contribution in [0.3, 0.4) is 0 Å². The first kappa shape index (κ1) is 99.6. The predicted octanol–water partition coefficient (Wildman–Crippen LogP) is 5.07. The Bertz CT molecular complexity index is 2190. The fourth-order valence-electron chi connectivity index (χ4n) is 6.35. The Balaban J connectivity index is -0.000000149. The highest BCUT2D eigenvalue weighted by Crippen LogP contribution is 2.23. The normalized spacial score (nSPS) is 12.3. The summed E-state index contributed by atoms with van der Waals surface area (Å²) in [6, 6.07) is 0. The van der Waals surface area contributed by atoms with Gasteiger partial charge in [0.2, 0.25) is 0 Å². The summed E-state index contributed by atoms with van der Waals surface area (Å²) >= 11 is 7.14.